The highest BCUT2D eigenvalue weighted by Gasteiger charge is 2.35. The van der Waals surface area contributed by atoms with Gasteiger partial charge in [0.05, 0.1) is 17.9 Å². The Morgan fingerprint density at radius 3 is 2.68 bits per heavy atom. The topological polar surface area (TPSA) is 98.7 Å². The third-order valence-corrected chi connectivity index (χ3v) is 6.17. The zero-order valence-corrected chi connectivity index (χ0v) is 19.7. The predicted octanol–water partition coefficient (Wildman–Crippen LogP) is 4.56. The van der Waals surface area contributed by atoms with Crippen molar-refractivity contribution in [2.45, 2.75) is 25.9 Å². The largest absolute Gasteiger partial charge is 0.435 e. The van der Waals surface area contributed by atoms with E-state index in [1.807, 2.05) is 6.92 Å². The van der Waals surface area contributed by atoms with Gasteiger partial charge < -0.3 is 11.1 Å². The van der Waals surface area contributed by atoms with E-state index in [0.717, 1.165) is 16.3 Å². The van der Waals surface area contributed by atoms with E-state index in [-0.39, 0.29) is 18.7 Å². The van der Waals surface area contributed by atoms with E-state index in [1.165, 1.54) is 30.7 Å². The summed E-state index contributed by atoms with van der Waals surface area (Å²) in [5.41, 5.74) is 9.26. The first-order chi connectivity index (χ1) is 17.7. The van der Waals surface area contributed by atoms with Crippen LogP contribution in [0.4, 0.5) is 23.2 Å². The van der Waals surface area contributed by atoms with Crippen molar-refractivity contribution in [3.63, 3.8) is 0 Å². The molecule has 1 aliphatic rings. The van der Waals surface area contributed by atoms with Crippen LogP contribution in [0.3, 0.4) is 0 Å². The summed E-state index contributed by atoms with van der Waals surface area (Å²) in [6.45, 7) is 2.32. The maximum Gasteiger partial charge on any atom is 0.435 e. The molecule has 11 heteroatoms. The third-order valence-electron chi connectivity index (χ3n) is 6.17. The number of aromatic nitrogens is 4. The van der Waals surface area contributed by atoms with Crippen molar-refractivity contribution in [1.82, 2.24) is 19.7 Å². The number of benzene rings is 1. The second-order valence-electron chi connectivity index (χ2n) is 8.67. The molecule has 0 fully saturated rings. The number of hydrogen-bond donors (Lipinski definition) is 2. The SMILES string of the molecule is CCNc1cc(F)cc2c1Cc1ncc(-c3cncc(CC(=O)CN)c3)c(-n3ccc(C(F)(F)F)n3)c1-2. The number of halogens is 4. The average Bonchev–Trinajstić information content (AvgIpc) is 3.49. The van der Waals surface area contributed by atoms with Gasteiger partial charge in [-0.3, -0.25) is 14.8 Å². The lowest BCUT2D eigenvalue weighted by Crippen LogP contribution is -2.15. The molecule has 0 saturated heterocycles. The van der Waals surface area contributed by atoms with Gasteiger partial charge in [0.1, 0.15) is 5.82 Å². The molecule has 0 spiro atoms. The highest BCUT2D eigenvalue weighted by molar-refractivity contribution is 5.92. The summed E-state index contributed by atoms with van der Waals surface area (Å²) in [6, 6.07) is 5.36. The van der Waals surface area contributed by atoms with E-state index in [9.17, 15) is 22.4 Å². The molecule has 190 valence electrons. The minimum Gasteiger partial charge on any atom is -0.385 e. The number of nitrogens with one attached hydrogen (secondary N) is 1. The number of hydrogen-bond acceptors (Lipinski definition) is 6. The fourth-order valence-corrected chi connectivity index (χ4v) is 4.60. The molecule has 7 nitrogen and oxygen atoms in total. The van der Waals surface area contributed by atoms with E-state index < -0.39 is 17.7 Å². The van der Waals surface area contributed by atoms with Crippen LogP contribution in [-0.4, -0.2) is 38.6 Å². The Morgan fingerprint density at radius 2 is 1.97 bits per heavy atom. The summed E-state index contributed by atoms with van der Waals surface area (Å²) in [7, 11) is 0. The quantitative estimate of drug-likeness (QED) is 0.312. The standard InChI is InChI=1S/C26H22F4N6O/c1-2-33-21-8-16(27)7-19-18(21)9-22-24(19)25(36-4-3-23(35-36)26(28,29)30)20(13-34-22)15-5-14(11-32-12-15)6-17(37)10-31/h3-5,7-8,11-13,33H,2,6,9-10,31H2,1H3. The summed E-state index contributed by atoms with van der Waals surface area (Å²) in [5.74, 6) is -0.673. The highest BCUT2D eigenvalue weighted by atomic mass is 19.4. The Balaban J connectivity index is 1.76. The van der Waals surface area contributed by atoms with E-state index >= 15 is 0 Å². The summed E-state index contributed by atoms with van der Waals surface area (Å²) in [4.78, 5) is 20.7. The Labute approximate surface area is 209 Å². The summed E-state index contributed by atoms with van der Waals surface area (Å²) in [5, 5.41) is 6.97. The van der Waals surface area contributed by atoms with Crippen LogP contribution in [0.5, 0.6) is 0 Å². The smallest absolute Gasteiger partial charge is 0.385 e. The number of carbonyl (C=O) groups excluding carboxylic acids is 1. The number of pyridine rings is 2. The average molecular weight is 510 g/mol. The van der Waals surface area contributed by atoms with Gasteiger partial charge in [0.15, 0.2) is 11.5 Å². The monoisotopic (exact) mass is 510 g/mol. The van der Waals surface area contributed by atoms with Crippen LogP contribution in [0.15, 0.2) is 49.1 Å². The van der Waals surface area contributed by atoms with Crippen molar-refractivity contribution in [3.8, 4) is 27.9 Å². The molecule has 0 bridgehead atoms. The van der Waals surface area contributed by atoms with E-state index in [0.29, 0.717) is 57.9 Å². The van der Waals surface area contributed by atoms with Crippen molar-refractivity contribution in [2.24, 2.45) is 5.73 Å². The van der Waals surface area contributed by atoms with Crippen LogP contribution >= 0.6 is 0 Å². The molecule has 4 aromatic rings. The van der Waals surface area contributed by atoms with Crippen LogP contribution in [0.25, 0.3) is 27.9 Å². The number of carbonyl (C=O) groups is 1. The van der Waals surface area contributed by atoms with Gasteiger partial charge >= 0.3 is 6.18 Å². The molecule has 5 rings (SSSR count). The Hall–Kier alpha value is -4.12. The molecule has 3 aromatic heterocycles. The lowest BCUT2D eigenvalue weighted by atomic mass is 9.98. The molecule has 37 heavy (non-hydrogen) atoms. The first-order valence-corrected chi connectivity index (χ1v) is 11.6. The summed E-state index contributed by atoms with van der Waals surface area (Å²) in [6.07, 6.45) is 1.61. The molecule has 1 aromatic carbocycles. The second kappa shape index (κ2) is 9.40. The van der Waals surface area contributed by atoms with E-state index in [4.69, 9.17) is 5.73 Å². The van der Waals surface area contributed by atoms with Gasteiger partial charge in [0.25, 0.3) is 0 Å². The molecule has 3 N–H and O–H groups in total. The van der Waals surface area contributed by atoms with Crippen molar-refractivity contribution in [3.05, 3.63) is 77.4 Å². The van der Waals surface area contributed by atoms with Crippen LogP contribution < -0.4 is 11.1 Å². The second-order valence-corrected chi connectivity index (χ2v) is 8.67. The zero-order valence-electron chi connectivity index (χ0n) is 19.7. The Bertz CT molecular complexity index is 1510. The van der Waals surface area contributed by atoms with Crippen LogP contribution in [-0.2, 0) is 23.8 Å². The third kappa shape index (κ3) is 4.57. The number of rotatable bonds is 7. The molecular weight excluding hydrogens is 488 g/mol. The zero-order chi connectivity index (χ0) is 26.3. The van der Waals surface area contributed by atoms with Gasteiger partial charge in [0, 0.05) is 66.6 Å². The molecule has 0 radical (unpaired) electrons. The molecule has 0 atom stereocenters. The highest BCUT2D eigenvalue weighted by Crippen LogP contribution is 2.46. The number of alkyl halides is 3. The minimum absolute atomic E-state index is 0.0606. The van der Waals surface area contributed by atoms with Crippen LogP contribution in [0, 0.1) is 5.82 Å². The predicted molar refractivity (Wildman–Crippen MR) is 130 cm³/mol. The number of nitrogens with two attached hydrogens (primary N) is 1. The number of anilines is 1. The van der Waals surface area contributed by atoms with Gasteiger partial charge in [-0.15, -0.1) is 0 Å². The number of ketones is 1. The Morgan fingerprint density at radius 1 is 1.16 bits per heavy atom. The molecule has 0 aliphatic heterocycles. The van der Waals surface area contributed by atoms with E-state index in [2.05, 4.69) is 20.4 Å². The maximum absolute atomic E-state index is 14.7. The summed E-state index contributed by atoms with van der Waals surface area (Å²) >= 11 is 0. The molecular formula is C26H22F4N6O. The van der Waals surface area contributed by atoms with Crippen molar-refractivity contribution < 1.29 is 22.4 Å². The van der Waals surface area contributed by atoms with Crippen molar-refractivity contribution in [1.29, 1.82) is 0 Å². The minimum atomic E-state index is -4.64. The molecule has 0 unspecified atom stereocenters. The van der Waals surface area contributed by atoms with Gasteiger partial charge in [0.2, 0.25) is 0 Å². The van der Waals surface area contributed by atoms with Crippen molar-refractivity contribution >= 4 is 11.5 Å². The molecule has 0 saturated carbocycles. The lowest BCUT2D eigenvalue weighted by molar-refractivity contribution is -0.141. The first kappa shape index (κ1) is 24.6. The van der Waals surface area contributed by atoms with E-state index in [1.54, 1.807) is 12.3 Å². The molecule has 3 heterocycles. The first-order valence-electron chi connectivity index (χ1n) is 11.6. The molecule has 1 aliphatic carbocycles. The normalized spacial score (nSPS) is 12.4. The summed E-state index contributed by atoms with van der Waals surface area (Å²) < 4.78 is 56.2. The van der Waals surface area contributed by atoms with Crippen LogP contribution in [0.2, 0.25) is 0 Å². The fourth-order valence-electron chi connectivity index (χ4n) is 4.60. The number of fused-ring (bicyclic) bond motifs is 3. The fraction of sp³-hybridized carbons (Fsp3) is 0.231. The maximum atomic E-state index is 14.7. The van der Waals surface area contributed by atoms with Gasteiger partial charge in [-0.2, -0.15) is 18.3 Å². The number of nitrogens with zero attached hydrogens (tertiary/aromatic N) is 4. The number of Topliss-reactive ketones (excluding diaryl/α,β-unsaturated/α-hetero) is 1. The van der Waals surface area contributed by atoms with Gasteiger partial charge in [-0.25, -0.2) is 9.07 Å². The van der Waals surface area contributed by atoms with Crippen LogP contribution in [0.1, 0.15) is 29.4 Å². The van der Waals surface area contributed by atoms with Gasteiger partial charge in [-0.1, -0.05) is 0 Å². The Kier molecular flexibility index (Phi) is 6.24. The molecule has 0 amide bonds. The van der Waals surface area contributed by atoms with Crippen molar-refractivity contribution in [2.75, 3.05) is 18.4 Å². The van der Waals surface area contributed by atoms with Gasteiger partial charge in [-0.05, 0) is 47.9 Å². The lowest BCUT2D eigenvalue weighted by Gasteiger charge is -2.16.